The van der Waals surface area contributed by atoms with Crippen molar-refractivity contribution in [1.82, 2.24) is 10.1 Å². The Bertz CT molecular complexity index is 481. The summed E-state index contributed by atoms with van der Waals surface area (Å²) < 4.78 is 18.4. The van der Waals surface area contributed by atoms with Crippen molar-refractivity contribution < 1.29 is 8.91 Å². The summed E-state index contributed by atoms with van der Waals surface area (Å²) in [5.74, 6) is 0.394. The van der Waals surface area contributed by atoms with Crippen molar-refractivity contribution >= 4 is 23.2 Å². The van der Waals surface area contributed by atoms with Crippen LogP contribution in [0.1, 0.15) is 5.89 Å². The van der Waals surface area contributed by atoms with Gasteiger partial charge in [0.2, 0.25) is 11.7 Å². The van der Waals surface area contributed by atoms with Crippen LogP contribution in [-0.4, -0.2) is 16.0 Å². The van der Waals surface area contributed by atoms with Gasteiger partial charge in [-0.25, -0.2) is 4.39 Å². The fraction of sp³-hybridized carbons (Fsp3) is 0.200. The fourth-order valence-corrected chi connectivity index (χ4v) is 1.66. The number of nitrogens with zero attached hydrogens (tertiary/aromatic N) is 2. The molecule has 6 heteroatoms. The van der Waals surface area contributed by atoms with E-state index in [-0.39, 0.29) is 16.4 Å². The molecule has 1 aromatic carbocycles. The zero-order valence-corrected chi connectivity index (χ0v) is 9.59. The summed E-state index contributed by atoms with van der Waals surface area (Å²) in [7, 11) is 0. The number of alkyl halides is 1. The number of aryl methyl sites for hydroxylation is 1. The molecule has 0 unspecified atom stereocenters. The van der Waals surface area contributed by atoms with Crippen LogP contribution in [0.5, 0.6) is 0 Å². The van der Waals surface area contributed by atoms with Gasteiger partial charge in [0.25, 0.3) is 0 Å². The average molecular weight is 261 g/mol. The van der Waals surface area contributed by atoms with Gasteiger partial charge < -0.3 is 4.52 Å². The van der Waals surface area contributed by atoms with E-state index in [0.29, 0.717) is 18.2 Å². The quantitative estimate of drug-likeness (QED) is 0.795. The SMILES string of the molecule is Fc1cccc(Cl)c1-c1noc(CCCl)n1. The van der Waals surface area contributed by atoms with Gasteiger partial charge in [0.05, 0.1) is 10.6 Å². The van der Waals surface area contributed by atoms with Crippen LogP contribution in [0.4, 0.5) is 4.39 Å². The molecule has 84 valence electrons. The maximum absolute atomic E-state index is 13.5. The Labute approximate surface area is 101 Å². The van der Waals surface area contributed by atoms with E-state index in [1.54, 1.807) is 6.07 Å². The third kappa shape index (κ3) is 2.18. The molecule has 2 rings (SSSR count). The fourth-order valence-electron chi connectivity index (χ4n) is 1.25. The lowest BCUT2D eigenvalue weighted by atomic mass is 10.2. The Morgan fingerprint density at radius 3 is 2.88 bits per heavy atom. The van der Waals surface area contributed by atoms with Crippen LogP contribution in [0.15, 0.2) is 22.7 Å². The van der Waals surface area contributed by atoms with Gasteiger partial charge in [-0.15, -0.1) is 11.6 Å². The molecule has 0 bridgehead atoms. The van der Waals surface area contributed by atoms with Gasteiger partial charge in [-0.3, -0.25) is 0 Å². The molecular formula is C10H7Cl2FN2O. The maximum atomic E-state index is 13.5. The third-order valence-corrected chi connectivity index (χ3v) is 2.47. The van der Waals surface area contributed by atoms with Gasteiger partial charge >= 0.3 is 0 Å². The number of halogens is 3. The third-order valence-electron chi connectivity index (χ3n) is 1.96. The Hall–Kier alpha value is -1.13. The number of hydrogen-bond donors (Lipinski definition) is 0. The molecule has 0 fully saturated rings. The summed E-state index contributed by atoms with van der Waals surface area (Å²) >= 11 is 11.4. The van der Waals surface area contributed by atoms with Gasteiger partial charge in [-0.1, -0.05) is 22.8 Å². The highest BCUT2D eigenvalue weighted by molar-refractivity contribution is 6.33. The van der Waals surface area contributed by atoms with E-state index >= 15 is 0 Å². The summed E-state index contributed by atoms with van der Waals surface area (Å²) in [6.07, 6.45) is 0.445. The molecule has 0 spiro atoms. The van der Waals surface area contributed by atoms with Crippen molar-refractivity contribution in [3.8, 4) is 11.4 Å². The van der Waals surface area contributed by atoms with Gasteiger partial charge in [0.1, 0.15) is 5.82 Å². The van der Waals surface area contributed by atoms with Crippen LogP contribution in [0.25, 0.3) is 11.4 Å². The van der Waals surface area contributed by atoms with Crippen LogP contribution in [0, 0.1) is 5.82 Å². The summed E-state index contributed by atoms with van der Waals surface area (Å²) in [5.41, 5.74) is 0.147. The Balaban J connectivity index is 2.42. The average Bonchev–Trinajstić information content (AvgIpc) is 2.67. The summed E-state index contributed by atoms with van der Waals surface area (Å²) in [6.45, 7) is 0. The lowest BCUT2D eigenvalue weighted by Gasteiger charge is -1.99. The second kappa shape index (κ2) is 4.80. The summed E-state index contributed by atoms with van der Waals surface area (Å²) in [6, 6.07) is 4.37. The molecule has 0 aliphatic carbocycles. The number of hydrogen-bond acceptors (Lipinski definition) is 3. The number of benzene rings is 1. The molecule has 0 atom stereocenters. The first-order valence-corrected chi connectivity index (χ1v) is 5.46. The normalized spacial score (nSPS) is 10.7. The molecule has 0 saturated carbocycles. The lowest BCUT2D eigenvalue weighted by Crippen LogP contribution is -1.89. The lowest BCUT2D eigenvalue weighted by molar-refractivity contribution is 0.383. The van der Waals surface area contributed by atoms with Crippen LogP contribution >= 0.6 is 23.2 Å². The highest BCUT2D eigenvalue weighted by Crippen LogP contribution is 2.28. The summed E-state index contributed by atoms with van der Waals surface area (Å²) in [4.78, 5) is 4.01. The zero-order chi connectivity index (χ0) is 11.5. The first-order chi connectivity index (χ1) is 7.72. The van der Waals surface area contributed by atoms with Crippen molar-refractivity contribution in [3.05, 3.63) is 34.9 Å². The molecule has 0 saturated heterocycles. The monoisotopic (exact) mass is 260 g/mol. The van der Waals surface area contributed by atoms with E-state index in [1.165, 1.54) is 12.1 Å². The molecule has 1 aromatic heterocycles. The molecule has 16 heavy (non-hydrogen) atoms. The van der Waals surface area contributed by atoms with Crippen LogP contribution in [-0.2, 0) is 6.42 Å². The molecule has 0 amide bonds. The Morgan fingerprint density at radius 2 is 2.19 bits per heavy atom. The predicted octanol–water partition coefficient (Wildman–Crippen LogP) is 3.31. The van der Waals surface area contributed by atoms with Crippen molar-refractivity contribution in [2.24, 2.45) is 0 Å². The zero-order valence-electron chi connectivity index (χ0n) is 8.08. The molecule has 0 aliphatic heterocycles. The van der Waals surface area contributed by atoms with E-state index in [4.69, 9.17) is 27.7 Å². The molecular weight excluding hydrogens is 254 g/mol. The van der Waals surface area contributed by atoms with E-state index in [1.807, 2.05) is 0 Å². The van der Waals surface area contributed by atoms with E-state index in [0.717, 1.165) is 0 Å². The minimum absolute atomic E-state index is 0.142. The van der Waals surface area contributed by atoms with E-state index in [2.05, 4.69) is 10.1 Å². The second-order valence-corrected chi connectivity index (χ2v) is 3.83. The van der Waals surface area contributed by atoms with Crippen LogP contribution < -0.4 is 0 Å². The largest absolute Gasteiger partial charge is 0.339 e. The van der Waals surface area contributed by atoms with Crippen molar-refractivity contribution in [3.63, 3.8) is 0 Å². The Morgan fingerprint density at radius 1 is 1.38 bits per heavy atom. The number of rotatable bonds is 3. The minimum atomic E-state index is -0.481. The van der Waals surface area contributed by atoms with Gasteiger partial charge in [0, 0.05) is 12.3 Å². The standard InChI is InChI=1S/C10H7Cl2FN2O/c11-5-4-8-14-10(15-16-8)9-6(12)2-1-3-7(9)13/h1-3H,4-5H2. The summed E-state index contributed by atoms with van der Waals surface area (Å²) in [5, 5.41) is 3.91. The van der Waals surface area contributed by atoms with E-state index in [9.17, 15) is 4.39 Å². The second-order valence-electron chi connectivity index (χ2n) is 3.05. The highest BCUT2D eigenvalue weighted by Gasteiger charge is 2.15. The molecule has 3 nitrogen and oxygen atoms in total. The number of aromatic nitrogens is 2. The molecule has 2 aromatic rings. The first kappa shape index (κ1) is 11.4. The maximum Gasteiger partial charge on any atom is 0.228 e. The minimum Gasteiger partial charge on any atom is -0.339 e. The van der Waals surface area contributed by atoms with Gasteiger partial charge in [-0.2, -0.15) is 4.98 Å². The molecule has 0 aliphatic rings. The molecule has 1 heterocycles. The van der Waals surface area contributed by atoms with E-state index < -0.39 is 5.82 Å². The first-order valence-electron chi connectivity index (χ1n) is 4.55. The van der Waals surface area contributed by atoms with Crippen LogP contribution in [0.2, 0.25) is 5.02 Å². The topological polar surface area (TPSA) is 38.9 Å². The Kier molecular flexibility index (Phi) is 3.41. The molecule has 0 radical (unpaired) electrons. The van der Waals surface area contributed by atoms with Crippen molar-refractivity contribution in [1.29, 1.82) is 0 Å². The smallest absolute Gasteiger partial charge is 0.228 e. The van der Waals surface area contributed by atoms with Gasteiger partial charge in [-0.05, 0) is 12.1 Å². The highest BCUT2D eigenvalue weighted by atomic mass is 35.5. The van der Waals surface area contributed by atoms with Crippen molar-refractivity contribution in [2.45, 2.75) is 6.42 Å². The van der Waals surface area contributed by atoms with Crippen molar-refractivity contribution in [2.75, 3.05) is 5.88 Å². The van der Waals surface area contributed by atoms with Gasteiger partial charge in [0.15, 0.2) is 0 Å². The predicted molar refractivity (Wildman–Crippen MR) is 59.1 cm³/mol. The van der Waals surface area contributed by atoms with Crippen LogP contribution in [0.3, 0.4) is 0 Å². The molecule has 0 N–H and O–H groups in total.